The van der Waals surface area contributed by atoms with Crippen LogP contribution in [0, 0.1) is 0 Å². The van der Waals surface area contributed by atoms with E-state index in [4.69, 9.17) is 19.3 Å². The van der Waals surface area contributed by atoms with Crippen molar-refractivity contribution in [2.24, 2.45) is 7.05 Å². The molecule has 1 aliphatic heterocycles. The first-order chi connectivity index (χ1) is 23.0. The summed E-state index contributed by atoms with van der Waals surface area (Å²) in [7, 11) is 3.59. The molecule has 5 aromatic rings. The van der Waals surface area contributed by atoms with Crippen molar-refractivity contribution in [2.75, 3.05) is 33.4 Å². The molecule has 9 heteroatoms. The van der Waals surface area contributed by atoms with Gasteiger partial charge in [0.2, 0.25) is 0 Å². The van der Waals surface area contributed by atoms with Crippen molar-refractivity contribution in [2.45, 2.75) is 65.7 Å². The van der Waals surface area contributed by atoms with E-state index in [0.717, 1.165) is 87.9 Å². The monoisotopic (exact) mass is 640 g/mol. The molecule has 6 rings (SSSR count). The largest absolute Gasteiger partial charge is 0.493 e. The summed E-state index contributed by atoms with van der Waals surface area (Å²) < 4.78 is 21.7. The summed E-state index contributed by atoms with van der Waals surface area (Å²) in [5.41, 5.74) is 5.87. The highest BCUT2D eigenvalue weighted by Crippen LogP contribution is 2.39. The molecule has 1 aliphatic rings. The number of carboxylic acid groups (broad SMARTS) is 1. The highest BCUT2D eigenvalue weighted by atomic mass is 16.5. The van der Waals surface area contributed by atoms with E-state index in [-0.39, 0.29) is 0 Å². The minimum Gasteiger partial charge on any atom is -0.493 e. The van der Waals surface area contributed by atoms with Gasteiger partial charge in [0.1, 0.15) is 11.4 Å². The molecule has 0 radical (unpaired) electrons. The Balaban J connectivity index is 0.000000807. The van der Waals surface area contributed by atoms with Crippen LogP contribution in [0.3, 0.4) is 0 Å². The quantitative estimate of drug-likeness (QED) is 0.154. The molecule has 0 spiro atoms. The number of ether oxygens (including phenoxy) is 3. The minimum atomic E-state index is -0.902. The average Bonchev–Trinajstić information content (AvgIpc) is 3.56. The van der Waals surface area contributed by atoms with Gasteiger partial charge in [0.15, 0.2) is 0 Å². The topological polar surface area (TPSA) is 99.8 Å². The van der Waals surface area contributed by atoms with Crippen LogP contribution in [-0.4, -0.2) is 58.8 Å². The molecule has 2 aromatic heterocycles. The first-order valence-corrected chi connectivity index (χ1v) is 16.8. The molecule has 2 N–H and O–H groups in total. The Morgan fingerprint density at radius 3 is 2.53 bits per heavy atom. The van der Waals surface area contributed by atoms with Gasteiger partial charge in [-0.15, -0.1) is 0 Å². The second kappa shape index (κ2) is 16.6. The van der Waals surface area contributed by atoms with E-state index in [2.05, 4.69) is 49.5 Å². The Morgan fingerprint density at radius 1 is 1.00 bits per heavy atom. The molecule has 250 valence electrons. The first kappa shape index (κ1) is 34.2. The van der Waals surface area contributed by atoms with Gasteiger partial charge in [-0.3, -0.25) is 4.68 Å². The maximum atomic E-state index is 12.9. The standard InChI is InChI=1S/C34H37N3O5.C4H11N/c1-36-29-22-41-19-7-3-6-18-37-32-25(14-9-15-27(32)31(29)28(35-36)21-40-2)26(33(37)34(38)39)16-10-20-42-30-17-8-12-23-11-4-5-13-24(23)30;1-3-5-4-2/h4-5,8-9,11-15,17H,3,6-7,10,16,18-22H2,1-2H3,(H,38,39);5H,3-4H2,1-2H3. The number of hydrogen-bond donors (Lipinski definition) is 2. The number of nitrogens with zero attached hydrogens (tertiary/aromatic N) is 3. The van der Waals surface area contributed by atoms with Gasteiger partial charge in [-0.1, -0.05) is 68.4 Å². The van der Waals surface area contributed by atoms with Crippen molar-refractivity contribution in [3.63, 3.8) is 0 Å². The van der Waals surface area contributed by atoms with Gasteiger partial charge in [0, 0.05) is 49.2 Å². The zero-order chi connectivity index (χ0) is 33.2. The summed E-state index contributed by atoms with van der Waals surface area (Å²) in [4.78, 5) is 12.9. The smallest absolute Gasteiger partial charge is 0.352 e. The Bertz CT molecular complexity index is 1780. The van der Waals surface area contributed by atoms with E-state index >= 15 is 0 Å². The molecule has 0 amide bonds. The van der Waals surface area contributed by atoms with Crippen LogP contribution in [0.25, 0.3) is 32.8 Å². The molecule has 0 atom stereocenters. The van der Waals surface area contributed by atoms with Crippen LogP contribution in [-0.2, 0) is 42.7 Å². The van der Waals surface area contributed by atoms with E-state index in [1.165, 1.54) is 0 Å². The molecule has 0 saturated carbocycles. The third-order valence-corrected chi connectivity index (χ3v) is 8.67. The third-order valence-electron chi connectivity index (χ3n) is 8.67. The third kappa shape index (κ3) is 7.70. The normalized spacial score (nSPS) is 13.4. The van der Waals surface area contributed by atoms with Gasteiger partial charge >= 0.3 is 5.97 Å². The minimum absolute atomic E-state index is 0.352. The Labute approximate surface area is 277 Å². The summed E-state index contributed by atoms with van der Waals surface area (Å²) in [6, 6.07) is 20.4. The van der Waals surface area contributed by atoms with E-state index in [0.29, 0.717) is 51.5 Å². The molecular weight excluding hydrogens is 592 g/mol. The number of hydrogen-bond acceptors (Lipinski definition) is 6. The number of carboxylic acids is 1. The highest BCUT2D eigenvalue weighted by molar-refractivity contribution is 6.04. The van der Waals surface area contributed by atoms with Crippen LogP contribution < -0.4 is 10.1 Å². The van der Waals surface area contributed by atoms with Crippen molar-refractivity contribution >= 4 is 27.6 Å². The number of rotatable bonds is 10. The summed E-state index contributed by atoms with van der Waals surface area (Å²) in [6.07, 6.45) is 4.03. The number of aryl methyl sites for hydroxylation is 3. The highest BCUT2D eigenvalue weighted by Gasteiger charge is 2.27. The SMILES string of the molecule is CCNCC.COCc1nn(C)c2c1-c1cccc3c(CCCOc4cccc5ccccc45)c(C(=O)O)n(c13)CCCCCOC2. The predicted molar refractivity (Wildman–Crippen MR) is 187 cm³/mol. The van der Waals surface area contributed by atoms with Crippen LogP contribution >= 0.6 is 0 Å². The molecule has 3 aromatic carbocycles. The average molecular weight is 641 g/mol. The summed E-state index contributed by atoms with van der Waals surface area (Å²) in [5, 5.41) is 21.6. The van der Waals surface area contributed by atoms with Crippen molar-refractivity contribution in [1.29, 1.82) is 0 Å². The summed E-state index contributed by atoms with van der Waals surface area (Å²) in [6.45, 7) is 8.94. The van der Waals surface area contributed by atoms with Gasteiger partial charge in [-0.2, -0.15) is 5.10 Å². The lowest BCUT2D eigenvalue weighted by molar-refractivity contribution is 0.0683. The van der Waals surface area contributed by atoms with E-state index in [1.807, 2.05) is 46.6 Å². The molecule has 47 heavy (non-hydrogen) atoms. The van der Waals surface area contributed by atoms with Gasteiger partial charge in [-0.25, -0.2) is 4.79 Å². The number of para-hydroxylation sites is 1. The van der Waals surface area contributed by atoms with Gasteiger partial charge in [-0.05, 0) is 62.2 Å². The summed E-state index contributed by atoms with van der Waals surface area (Å²) in [5.74, 6) is -0.0557. The second-order valence-corrected chi connectivity index (χ2v) is 11.8. The van der Waals surface area contributed by atoms with Crippen molar-refractivity contribution < 1.29 is 24.1 Å². The van der Waals surface area contributed by atoms with Crippen LogP contribution in [0.4, 0.5) is 0 Å². The molecule has 3 heterocycles. The Kier molecular flexibility index (Phi) is 12.1. The molecule has 0 saturated heterocycles. The van der Waals surface area contributed by atoms with Gasteiger partial charge < -0.3 is 29.2 Å². The lowest BCUT2D eigenvalue weighted by Crippen LogP contribution is -2.12. The maximum Gasteiger partial charge on any atom is 0.352 e. The number of nitrogens with one attached hydrogen (secondary N) is 1. The number of methoxy groups -OCH3 is 1. The number of fused-ring (bicyclic) bond motifs is 3. The zero-order valence-electron chi connectivity index (χ0n) is 28.2. The number of aromatic nitrogens is 3. The van der Waals surface area contributed by atoms with E-state index < -0.39 is 5.97 Å². The van der Waals surface area contributed by atoms with Gasteiger partial charge in [0.25, 0.3) is 0 Å². The number of aromatic carboxylic acids is 1. The van der Waals surface area contributed by atoms with Crippen molar-refractivity contribution in [3.05, 3.63) is 83.3 Å². The molecule has 0 bridgehead atoms. The first-order valence-electron chi connectivity index (χ1n) is 16.8. The van der Waals surface area contributed by atoms with Crippen LogP contribution in [0.1, 0.15) is 67.0 Å². The summed E-state index contributed by atoms with van der Waals surface area (Å²) >= 11 is 0. The number of benzene rings is 3. The molecule has 0 unspecified atom stereocenters. The predicted octanol–water partition coefficient (Wildman–Crippen LogP) is 7.37. The fraction of sp³-hybridized carbons (Fsp3) is 0.421. The van der Waals surface area contributed by atoms with Crippen LogP contribution in [0.15, 0.2) is 60.7 Å². The fourth-order valence-electron chi connectivity index (χ4n) is 6.56. The van der Waals surface area contributed by atoms with Crippen LogP contribution in [0.5, 0.6) is 5.75 Å². The Morgan fingerprint density at radius 2 is 1.77 bits per heavy atom. The van der Waals surface area contributed by atoms with Gasteiger partial charge in [0.05, 0.1) is 36.7 Å². The lowest BCUT2D eigenvalue weighted by Gasteiger charge is -2.15. The Hall–Kier alpha value is -4.18. The molecule has 9 nitrogen and oxygen atoms in total. The number of carbonyl (C=O) groups is 1. The molecular formula is C38H48N4O5. The van der Waals surface area contributed by atoms with Crippen LogP contribution in [0.2, 0.25) is 0 Å². The van der Waals surface area contributed by atoms with Crippen molar-refractivity contribution in [1.82, 2.24) is 19.7 Å². The molecule has 0 fully saturated rings. The van der Waals surface area contributed by atoms with E-state index in [9.17, 15) is 9.90 Å². The fourth-order valence-corrected chi connectivity index (χ4v) is 6.56. The zero-order valence-corrected chi connectivity index (χ0v) is 28.2. The maximum absolute atomic E-state index is 12.9. The van der Waals surface area contributed by atoms with Crippen molar-refractivity contribution in [3.8, 4) is 16.9 Å². The second-order valence-electron chi connectivity index (χ2n) is 11.8. The van der Waals surface area contributed by atoms with E-state index in [1.54, 1.807) is 7.11 Å². The molecule has 0 aliphatic carbocycles. The lowest BCUT2D eigenvalue weighted by atomic mass is 9.98.